The summed E-state index contributed by atoms with van der Waals surface area (Å²) in [6.07, 6.45) is 0.966. The van der Waals surface area contributed by atoms with Crippen LogP contribution in [0, 0.1) is 6.92 Å². The van der Waals surface area contributed by atoms with Crippen LogP contribution in [0.4, 0.5) is 5.69 Å². The lowest BCUT2D eigenvalue weighted by Crippen LogP contribution is -2.38. The topological polar surface area (TPSA) is 50.4 Å². The van der Waals surface area contributed by atoms with Crippen LogP contribution < -0.4 is 10.6 Å². The van der Waals surface area contributed by atoms with Gasteiger partial charge in [0.1, 0.15) is 0 Å². The molecule has 4 heteroatoms. The second kappa shape index (κ2) is 5.37. The number of carbonyl (C=O) groups excluding carboxylic acids is 1. The maximum atomic E-state index is 12.9. The Morgan fingerprint density at radius 1 is 1.27 bits per heavy atom. The molecule has 3 aliphatic rings. The normalized spacial score (nSPS) is 24.8. The lowest BCUT2D eigenvalue weighted by molar-refractivity contribution is -0.136. The van der Waals surface area contributed by atoms with E-state index >= 15 is 0 Å². The minimum atomic E-state index is -0.233. The van der Waals surface area contributed by atoms with Gasteiger partial charge >= 0.3 is 5.97 Å². The molecule has 0 radical (unpaired) electrons. The third-order valence-corrected chi connectivity index (χ3v) is 5.99. The van der Waals surface area contributed by atoms with Gasteiger partial charge in [-0.05, 0) is 43.0 Å². The first-order chi connectivity index (χ1) is 12.7. The fourth-order valence-electron chi connectivity index (χ4n) is 4.99. The molecule has 2 aromatic rings. The molecule has 1 saturated heterocycles. The van der Waals surface area contributed by atoms with E-state index in [-0.39, 0.29) is 17.4 Å². The number of benzene rings is 2. The largest absolute Gasteiger partial charge is 0.462 e. The fourth-order valence-corrected chi connectivity index (χ4v) is 4.99. The van der Waals surface area contributed by atoms with Gasteiger partial charge in [0.2, 0.25) is 0 Å². The summed E-state index contributed by atoms with van der Waals surface area (Å²) in [6.45, 7) is 5.22. The van der Waals surface area contributed by atoms with Crippen molar-refractivity contribution in [3.63, 3.8) is 0 Å². The van der Waals surface area contributed by atoms with E-state index in [0.29, 0.717) is 12.2 Å². The molecule has 2 N–H and O–H groups in total. The molecule has 26 heavy (non-hydrogen) atoms. The first-order valence-corrected chi connectivity index (χ1v) is 9.29. The van der Waals surface area contributed by atoms with Gasteiger partial charge in [0.05, 0.1) is 23.6 Å². The van der Waals surface area contributed by atoms with Crippen molar-refractivity contribution in [1.29, 1.82) is 0 Å². The lowest BCUT2D eigenvalue weighted by Gasteiger charge is -2.39. The van der Waals surface area contributed by atoms with Crippen LogP contribution >= 0.6 is 0 Å². The molecule has 2 heterocycles. The molecular weight excluding hydrogens is 324 g/mol. The van der Waals surface area contributed by atoms with Gasteiger partial charge in [-0.2, -0.15) is 0 Å². The SMILES string of the molecule is CCOC(=O)C1=C2NCC[C@@]23c2cc(C)ccc2N[C@H]3c2ccccc21. The first kappa shape index (κ1) is 15.5. The van der Waals surface area contributed by atoms with E-state index in [4.69, 9.17) is 4.74 Å². The molecular formula is C22H22N2O2. The van der Waals surface area contributed by atoms with Crippen molar-refractivity contribution >= 4 is 17.2 Å². The van der Waals surface area contributed by atoms with Gasteiger partial charge in [0.15, 0.2) is 0 Å². The summed E-state index contributed by atoms with van der Waals surface area (Å²) >= 11 is 0. The number of anilines is 1. The van der Waals surface area contributed by atoms with Crippen LogP contribution in [-0.4, -0.2) is 19.1 Å². The zero-order valence-corrected chi connectivity index (χ0v) is 15.1. The number of ether oxygens (including phenoxy) is 1. The third-order valence-electron chi connectivity index (χ3n) is 5.99. The molecule has 0 aromatic heterocycles. The molecule has 0 amide bonds. The van der Waals surface area contributed by atoms with Gasteiger partial charge in [-0.15, -0.1) is 0 Å². The van der Waals surface area contributed by atoms with Crippen LogP contribution in [0.2, 0.25) is 0 Å². The average molecular weight is 346 g/mol. The highest BCUT2D eigenvalue weighted by Crippen LogP contribution is 2.60. The summed E-state index contributed by atoms with van der Waals surface area (Å²) < 4.78 is 5.45. The molecule has 4 nitrogen and oxygen atoms in total. The molecule has 0 bridgehead atoms. The number of fused-ring (bicyclic) bond motifs is 3. The van der Waals surface area contributed by atoms with E-state index in [0.717, 1.165) is 24.2 Å². The highest BCUT2D eigenvalue weighted by molar-refractivity contribution is 6.19. The number of nitrogens with one attached hydrogen (secondary N) is 2. The Balaban J connectivity index is 1.84. The molecule has 1 spiro atoms. The highest BCUT2D eigenvalue weighted by atomic mass is 16.5. The number of esters is 1. The van der Waals surface area contributed by atoms with Crippen molar-refractivity contribution < 1.29 is 9.53 Å². The predicted molar refractivity (Wildman–Crippen MR) is 102 cm³/mol. The summed E-state index contributed by atoms with van der Waals surface area (Å²) in [4.78, 5) is 12.9. The molecule has 1 fully saturated rings. The Morgan fingerprint density at radius 2 is 2.12 bits per heavy atom. The molecule has 5 rings (SSSR count). The van der Waals surface area contributed by atoms with E-state index in [2.05, 4.69) is 47.9 Å². The quantitative estimate of drug-likeness (QED) is 0.815. The van der Waals surface area contributed by atoms with E-state index < -0.39 is 0 Å². The number of hydrogen-bond donors (Lipinski definition) is 2. The minimum Gasteiger partial charge on any atom is -0.462 e. The summed E-state index contributed by atoms with van der Waals surface area (Å²) in [7, 11) is 0. The maximum Gasteiger partial charge on any atom is 0.340 e. The maximum absolute atomic E-state index is 12.9. The van der Waals surface area contributed by atoms with Crippen molar-refractivity contribution in [1.82, 2.24) is 5.32 Å². The van der Waals surface area contributed by atoms with Crippen LogP contribution in [0.5, 0.6) is 0 Å². The van der Waals surface area contributed by atoms with Crippen molar-refractivity contribution in [2.24, 2.45) is 0 Å². The molecule has 2 aliphatic heterocycles. The highest BCUT2D eigenvalue weighted by Gasteiger charge is 2.57. The Labute approximate surface area is 153 Å². The fraction of sp³-hybridized carbons (Fsp3) is 0.318. The number of rotatable bonds is 2. The van der Waals surface area contributed by atoms with Gasteiger partial charge in [0.25, 0.3) is 0 Å². The summed E-state index contributed by atoms with van der Waals surface area (Å²) in [6, 6.07) is 14.9. The van der Waals surface area contributed by atoms with Crippen LogP contribution in [0.15, 0.2) is 48.2 Å². The van der Waals surface area contributed by atoms with Crippen molar-refractivity contribution in [2.45, 2.75) is 31.7 Å². The average Bonchev–Trinajstić information content (AvgIpc) is 3.21. The summed E-state index contributed by atoms with van der Waals surface area (Å²) in [5, 5.41) is 7.30. The van der Waals surface area contributed by atoms with Gasteiger partial charge in [-0.3, -0.25) is 0 Å². The van der Waals surface area contributed by atoms with E-state index in [1.54, 1.807) is 0 Å². The van der Waals surface area contributed by atoms with Crippen LogP contribution in [0.3, 0.4) is 0 Å². The molecule has 0 saturated carbocycles. The number of carbonyl (C=O) groups is 1. The van der Waals surface area contributed by atoms with E-state index in [1.165, 1.54) is 22.4 Å². The van der Waals surface area contributed by atoms with Crippen LogP contribution in [0.1, 0.15) is 41.6 Å². The second-order valence-corrected chi connectivity index (χ2v) is 7.33. The molecule has 2 aromatic carbocycles. The first-order valence-electron chi connectivity index (χ1n) is 9.29. The van der Waals surface area contributed by atoms with E-state index in [9.17, 15) is 4.79 Å². The van der Waals surface area contributed by atoms with Crippen LogP contribution in [-0.2, 0) is 14.9 Å². The van der Waals surface area contributed by atoms with Crippen molar-refractivity contribution in [3.05, 3.63) is 70.4 Å². The van der Waals surface area contributed by atoms with Gasteiger partial charge < -0.3 is 15.4 Å². The zero-order valence-electron chi connectivity index (χ0n) is 15.1. The van der Waals surface area contributed by atoms with Crippen molar-refractivity contribution in [3.8, 4) is 0 Å². The molecule has 132 valence electrons. The molecule has 0 unspecified atom stereocenters. The van der Waals surface area contributed by atoms with Crippen LogP contribution in [0.25, 0.3) is 5.57 Å². The summed E-state index contributed by atoms with van der Waals surface area (Å²) in [5.74, 6) is -0.233. The lowest BCUT2D eigenvalue weighted by atomic mass is 9.65. The minimum absolute atomic E-state index is 0.138. The smallest absolute Gasteiger partial charge is 0.340 e. The number of hydrogen-bond acceptors (Lipinski definition) is 4. The van der Waals surface area contributed by atoms with E-state index in [1.807, 2.05) is 19.1 Å². The summed E-state index contributed by atoms with van der Waals surface area (Å²) in [5.41, 5.74) is 7.36. The van der Waals surface area contributed by atoms with Gasteiger partial charge in [-0.25, -0.2) is 4.79 Å². The monoisotopic (exact) mass is 346 g/mol. The van der Waals surface area contributed by atoms with Crippen molar-refractivity contribution in [2.75, 3.05) is 18.5 Å². The molecule has 1 aliphatic carbocycles. The Hall–Kier alpha value is -2.75. The second-order valence-electron chi connectivity index (χ2n) is 7.33. The molecule has 2 atom stereocenters. The Morgan fingerprint density at radius 3 is 2.96 bits per heavy atom. The Bertz CT molecular complexity index is 962. The predicted octanol–water partition coefficient (Wildman–Crippen LogP) is 3.68. The zero-order chi connectivity index (χ0) is 17.9. The Kier molecular flexibility index (Phi) is 3.20. The number of aryl methyl sites for hydroxylation is 1. The standard InChI is InChI=1S/C22H22N2O2/c1-3-26-21(25)18-14-6-4-5-7-15(14)19-22(10-11-23-20(18)22)16-12-13(2)8-9-17(16)24-19/h4-9,12,19,23-24H,3,10-11H2,1-2H3/t19-,22-/m0/s1. The third kappa shape index (κ3) is 1.82. The van der Waals surface area contributed by atoms with Gasteiger partial charge in [-0.1, -0.05) is 42.0 Å². The van der Waals surface area contributed by atoms with Gasteiger partial charge in [0, 0.05) is 17.9 Å².